The summed E-state index contributed by atoms with van der Waals surface area (Å²) in [6.45, 7) is 0. The fourth-order valence-electron chi connectivity index (χ4n) is 4.47. The molecule has 0 unspecified atom stereocenters. The van der Waals surface area contributed by atoms with Crippen LogP contribution < -0.4 is 25.8 Å². The number of amides is 1. The van der Waals surface area contributed by atoms with Crippen molar-refractivity contribution < 1.29 is 37.3 Å². The van der Waals surface area contributed by atoms with Gasteiger partial charge in [0.25, 0.3) is 5.91 Å². The average molecular weight is 605 g/mol. The zero-order valence-corrected chi connectivity index (χ0v) is 23.1. The first-order valence-electron chi connectivity index (χ1n) is 12.7. The SMILES string of the molecule is COc1ncc(-c2ccc3c(Nc4cc(Nc5cccc(C(F)(F)F)c5)cc(C(=O)O)c4)c(C(N)=O)cnc3c2)c(OC)n1. The number of nitrogens with zero attached hydrogens (tertiary/aromatic N) is 3. The second-order valence-corrected chi connectivity index (χ2v) is 9.36. The summed E-state index contributed by atoms with van der Waals surface area (Å²) in [6.07, 6.45) is -1.76. The van der Waals surface area contributed by atoms with Gasteiger partial charge in [-0.15, -0.1) is 0 Å². The number of alkyl halides is 3. The van der Waals surface area contributed by atoms with Crippen LogP contribution in [0.3, 0.4) is 0 Å². The Labute approximate surface area is 247 Å². The van der Waals surface area contributed by atoms with Gasteiger partial charge >= 0.3 is 18.2 Å². The number of ether oxygens (including phenoxy) is 2. The molecule has 0 atom stereocenters. The van der Waals surface area contributed by atoms with Gasteiger partial charge in [-0.25, -0.2) is 9.78 Å². The first-order valence-corrected chi connectivity index (χ1v) is 12.7. The highest BCUT2D eigenvalue weighted by molar-refractivity contribution is 6.08. The van der Waals surface area contributed by atoms with Crippen LogP contribution in [0.4, 0.5) is 35.9 Å². The van der Waals surface area contributed by atoms with Crippen LogP contribution in [0.1, 0.15) is 26.3 Å². The Morgan fingerprint density at radius 2 is 1.64 bits per heavy atom. The van der Waals surface area contributed by atoms with E-state index in [1.54, 1.807) is 18.2 Å². The maximum Gasteiger partial charge on any atom is 0.416 e. The lowest BCUT2D eigenvalue weighted by Gasteiger charge is -2.16. The molecule has 224 valence electrons. The zero-order chi connectivity index (χ0) is 31.6. The molecule has 0 aliphatic rings. The smallest absolute Gasteiger partial charge is 0.416 e. The fourth-order valence-corrected chi connectivity index (χ4v) is 4.47. The number of pyridine rings is 1. The van der Waals surface area contributed by atoms with Crippen LogP contribution in [0.15, 0.2) is 73.1 Å². The molecule has 11 nitrogen and oxygen atoms in total. The van der Waals surface area contributed by atoms with Gasteiger partial charge in [-0.05, 0) is 48.0 Å². The molecule has 0 saturated carbocycles. The quantitative estimate of drug-likeness (QED) is 0.157. The van der Waals surface area contributed by atoms with Crippen LogP contribution >= 0.6 is 0 Å². The van der Waals surface area contributed by atoms with E-state index in [0.717, 1.165) is 12.1 Å². The van der Waals surface area contributed by atoms with Crippen molar-refractivity contribution in [2.24, 2.45) is 5.73 Å². The molecule has 3 aromatic carbocycles. The van der Waals surface area contributed by atoms with Gasteiger partial charge in [-0.2, -0.15) is 18.2 Å². The van der Waals surface area contributed by atoms with E-state index in [2.05, 4.69) is 25.6 Å². The van der Waals surface area contributed by atoms with E-state index < -0.39 is 23.6 Å². The summed E-state index contributed by atoms with van der Waals surface area (Å²) in [7, 11) is 2.88. The number of nitrogens with two attached hydrogens (primary N) is 1. The number of carbonyl (C=O) groups is 2. The topological polar surface area (TPSA) is 162 Å². The van der Waals surface area contributed by atoms with Crippen molar-refractivity contribution >= 4 is 45.5 Å². The number of primary amides is 1. The standard InChI is InChI=1S/C30H23F3N6O5/c1-43-27-22(13-36-29(39-27)44-2)15-6-7-21-24(10-15)35-14-23(26(34)40)25(21)38-20-9-16(28(41)42)8-19(12-20)37-18-5-3-4-17(11-18)30(31,32)33/h3-14,37H,1-2H3,(H2,34,40)(H,35,38)(H,41,42). The number of carboxylic acid groups (broad SMARTS) is 1. The van der Waals surface area contributed by atoms with E-state index in [1.165, 1.54) is 56.9 Å². The van der Waals surface area contributed by atoms with Crippen LogP contribution in [0.5, 0.6) is 11.9 Å². The predicted molar refractivity (Wildman–Crippen MR) is 156 cm³/mol. The van der Waals surface area contributed by atoms with Crippen molar-refractivity contribution in [1.82, 2.24) is 15.0 Å². The van der Waals surface area contributed by atoms with Crippen molar-refractivity contribution in [3.05, 3.63) is 89.7 Å². The van der Waals surface area contributed by atoms with Crippen LogP contribution in [0, 0.1) is 0 Å². The Morgan fingerprint density at radius 1 is 0.886 bits per heavy atom. The number of halogens is 3. The Balaban J connectivity index is 1.57. The minimum Gasteiger partial charge on any atom is -0.480 e. The summed E-state index contributed by atoms with van der Waals surface area (Å²) in [5.74, 6) is -1.82. The molecule has 14 heteroatoms. The van der Waals surface area contributed by atoms with Gasteiger partial charge < -0.3 is 30.9 Å². The molecule has 44 heavy (non-hydrogen) atoms. The first-order chi connectivity index (χ1) is 21.0. The molecule has 2 heterocycles. The predicted octanol–water partition coefficient (Wildman–Crippen LogP) is 6.01. The normalized spacial score (nSPS) is 11.2. The minimum absolute atomic E-state index is 0.0173. The Bertz CT molecular complexity index is 1920. The number of aromatic nitrogens is 3. The highest BCUT2D eigenvalue weighted by Gasteiger charge is 2.30. The van der Waals surface area contributed by atoms with Gasteiger partial charge in [0, 0.05) is 34.8 Å². The lowest BCUT2D eigenvalue weighted by molar-refractivity contribution is -0.137. The third-order valence-corrected chi connectivity index (χ3v) is 6.48. The molecule has 0 radical (unpaired) electrons. The number of aromatic carboxylic acids is 1. The largest absolute Gasteiger partial charge is 0.480 e. The lowest BCUT2D eigenvalue weighted by atomic mass is 10.0. The fraction of sp³-hybridized carbons (Fsp3) is 0.100. The number of hydrogen-bond acceptors (Lipinski definition) is 9. The van der Waals surface area contributed by atoms with E-state index >= 15 is 0 Å². The number of rotatable bonds is 9. The highest BCUT2D eigenvalue weighted by Crippen LogP contribution is 2.36. The lowest BCUT2D eigenvalue weighted by Crippen LogP contribution is -2.14. The third kappa shape index (κ3) is 6.13. The molecular weight excluding hydrogens is 581 g/mol. The number of hydrogen-bond donors (Lipinski definition) is 4. The number of benzene rings is 3. The minimum atomic E-state index is -4.56. The average Bonchev–Trinajstić information content (AvgIpc) is 3.00. The van der Waals surface area contributed by atoms with E-state index in [4.69, 9.17) is 15.2 Å². The van der Waals surface area contributed by atoms with Gasteiger partial charge in [-0.1, -0.05) is 18.2 Å². The second-order valence-electron chi connectivity index (χ2n) is 9.36. The summed E-state index contributed by atoms with van der Waals surface area (Å²) in [5, 5.41) is 16.1. The molecule has 0 aliphatic carbocycles. The number of anilines is 4. The Hall–Kier alpha value is -5.92. The molecule has 0 saturated heterocycles. The summed E-state index contributed by atoms with van der Waals surface area (Å²) < 4.78 is 50.1. The maximum absolute atomic E-state index is 13.2. The number of nitrogens with one attached hydrogen (secondary N) is 2. The molecule has 5 rings (SSSR count). The molecule has 0 fully saturated rings. The second kappa shape index (κ2) is 11.8. The van der Waals surface area contributed by atoms with Crippen LogP contribution in [-0.4, -0.2) is 46.2 Å². The summed E-state index contributed by atoms with van der Waals surface area (Å²) in [6, 6.07) is 13.8. The summed E-state index contributed by atoms with van der Waals surface area (Å²) in [5.41, 5.74) is 6.96. The van der Waals surface area contributed by atoms with Crippen molar-refractivity contribution in [2.75, 3.05) is 24.9 Å². The van der Waals surface area contributed by atoms with Crippen LogP contribution in [0.25, 0.3) is 22.0 Å². The van der Waals surface area contributed by atoms with E-state index in [-0.39, 0.29) is 45.8 Å². The summed E-state index contributed by atoms with van der Waals surface area (Å²) >= 11 is 0. The first kappa shape index (κ1) is 29.6. The molecule has 2 aromatic heterocycles. The molecule has 1 amide bonds. The van der Waals surface area contributed by atoms with E-state index in [1.807, 2.05) is 0 Å². The third-order valence-electron chi connectivity index (χ3n) is 6.48. The van der Waals surface area contributed by atoms with Crippen LogP contribution in [0.2, 0.25) is 0 Å². The molecular formula is C30H23F3N6O5. The Kier molecular flexibility index (Phi) is 7.90. The summed E-state index contributed by atoms with van der Waals surface area (Å²) in [4.78, 5) is 37.0. The number of carboxylic acids is 1. The van der Waals surface area contributed by atoms with Gasteiger partial charge in [0.15, 0.2) is 0 Å². The van der Waals surface area contributed by atoms with Gasteiger partial charge in [-0.3, -0.25) is 9.78 Å². The zero-order valence-electron chi connectivity index (χ0n) is 23.1. The molecule has 5 N–H and O–H groups in total. The molecule has 0 bridgehead atoms. The monoisotopic (exact) mass is 604 g/mol. The van der Waals surface area contributed by atoms with Gasteiger partial charge in [0.1, 0.15) is 0 Å². The number of carbonyl (C=O) groups excluding carboxylic acids is 1. The highest BCUT2D eigenvalue weighted by atomic mass is 19.4. The number of fused-ring (bicyclic) bond motifs is 1. The van der Waals surface area contributed by atoms with E-state index in [9.17, 15) is 27.9 Å². The molecule has 0 spiro atoms. The molecule has 0 aliphatic heterocycles. The van der Waals surface area contributed by atoms with E-state index in [0.29, 0.717) is 22.0 Å². The maximum atomic E-state index is 13.2. The number of methoxy groups -OCH3 is 2. The van der Waals surface area contributed by atoms with Crippen molar-refractivity contribution in [2.45, 2.75) is 6.18 Å². The van der Waals surface area contributed by atoms with Crippen molar-refractivity contribution in [3.63, 3.8) is 0 Å². The van der Waals surface area contributed by atoms with Crippen molar-refractivity contribution in [3.8, 4) is 23.0 Å². The molecule has 5 aromatic rings. The Morgan fingerprint density at radius 3 is 2.30 bits per heavy atom. The van der Waals surface area contributed by atoms with Crippen molar-refractivity contribution in [1.29, 1.82) is 0 Å². The van der Waals surface area contributed by atoms with Crippen LogP contribution in [-0.2, 0) is 6.18 Å². The van der Waals surface area contributed by atoms with Gasteiger partial charge in [0.05, 0.1) is 47.7 Å². The van der Waals surface area contributed by atoms with Gasteiger partial charge in [0.2, 0.25) is 5.88 Å².